The molecule has 4 bridgehead atoms. The minimum absolute atomic E-state index is 0.359. The lowest BCUT2D eigenvalue weighted by Crippen LogP contribution is -2.48. The Kier molecular flexibility index (Phi) is 2.94. The largest absolute Gasteiger partial charge is 0.300 e. The van der Waals surface area contributed by atoms with Gasteiger partial charge in [-0.05, 0) is 88.5 Å². The summed E-state index contributed by atoms with van der Waals surface area (Å²) in [7, 11) is 0. The van der Waals surface area contributed by atoms with Crippen LogP contribution in [-0.2, 0) is 0 Å². The van der Waals surface area contributed by atoms with Gasteiger partial charge >= 0.3 is 0 Å². The number of nitrogens with one attached hydrogen (secondary N) is 1. The molecule has 0 radical (unpaired) electrons. The molecule has 1 N–H and O–H groups in total. The molecule has 0 heterocycles. The van der Waals surface area contributed by atoms with Gasteiger partial charge in [0.1, 0.15) is 5.54 Å². The smallest absolute Gasteiger partial charge is 0.101 e. The zero-order valence-electron chi connectivity index (χ0n) is 11.8. The van der Waals surface area contributed by atoms with Gasteiger partial charge in [-0.15, -0.1) is 0 Å². The number of rotatable bonds is 4. The zero-order valence-corrected chi connectivity index (χ0v) is 11.8. The van der Waals surface area contributed by atoms with Gasteiger partial charge in [0, 0.05) is 0 Å². The first kappa shape index (κ1) is 12.5. The minimum Gasteiger partial charge on any atom is -0.300 e. The topological polar surface area (TPSA) is 35.8 Å². The Morgan fingerprint density at radius 1 is 1.11 bits per heavy atom. The van der Waals surface area contributed by atoms with Crippen molar-refractivity contribution < 1.29 is 0 Å². The van der Waals surface area contributed by atoms with Crippen LogP contribution in [0.3, 0.4) is 0 Å². The van der Waals surface area contributed by atoms with Crippen LogP contribution < -0.4 is 5.32 Å². The summed E-state index contributed by atoms with van der Waals surface area (Å²) in [6, 6.07) is 2.34. The second-order valence-corrected chi connectivity index (χ2v) is 7.83. The summed E-state index contributed by atoms with van der Waals surface area (Å²) in [6.07, 6.45) is 10.3. The number of nitrogens with zero attached hydrogens (tertiary/aromatic N) is 1. The fourth-order valence-electron chi connectivity index (χ4n) is 5.28. The van der Waals surface area contributed by atoms with Crippen LogP contribution in [0.1, 0.15) is 58.8 Å². The molecule has 0 saturated heterocycles. The molecule has 4 fully saturated rings. The van der Waals surface area contributed by atoms with Crippen molar-refractivity contribution in [2.45, 2.75) is 64.3 Å². The maximum Gasteiger partial charge on any atom is 0.101 e. The van der Waals surface area contributed by atoms with E-state index in [4.69, 9.17) is 5.26 Å². The first-order chi connectivity index (χ1) is 8.50. The molecule has 0 unspecified atom stereocenters. The summed E-state index contributed by atoms with van der Waals surface area (Å²) in [6.45, 7) is 4.98. The van der Waals surface area contributed by atoms with E-state index in [2.05, 4.69) is 11.4 Å². The van der Waals surface area contributed by atoms with E-state index in [0.29, 0.717) is 5.41 Å². The summed E-state index contributed by atoms with van der Waals surface area (Å²) in [5.74, 6) is 3.13. The van der Waals surface area contributed by atoms with E-state index < -0.39 is 0 Å². The number of hydrogen-bond acceptors (Lipinski definition) is 2. The maximum atomic E-state index is 9.04. The molecule has 4 aliphatic carbocycles. The molecule has 2 nitrogen and oxygen atoms in total. The molecule has 4 aliphatic rings. The van der Waals surface area contributed by atoms with Crippen LogP contribution in [0.25, 0.3) is 0 Å². The van der Waals surface area contributed by atoms with E-state index in [-0.39, 0.29) is 5.54 Å². The summed E-state index contributed by atoms with van der Waals surface area (Å²) in [5.41, 5.74) is 0.287. The van der Waals surface area contributed by atoms with Crippen LogP contribution in [0, 0.1) is 34.5 Å². The van der Waals surface area contributed by atoms with Gasteiger partial charge in [-0.25, -0.2) is 0 Å². The molecule has 4 saturated carbocycles. The summed E-state index contributed by atoms with van der Waals surface area (Å²) in [4.78, 5) is 0. The Morgan fingerprint density at radius 3 is 2.06 bits per heavy atom. The van der Waals surface area contributed by atoms with Crippen LogP contribution in [0.2, 0.25) is 0 Å². The Hall–Kier alpha value is -0.550. The first-order valence-electron chi connectivity index (χ1n) is 7.67. The second kappa shape index (κ2) is 4.23. The zero-order chi connectivity index (χ0) is 12.8. The van der Waals surface area contributed by atoms with Gasteiger partial charge in [0.15, 0.2) is 0 Å². The van der Waals surface area contributed by atoms with E-state index in [1.807, 2.05) is 13.8 Å². The van der Waals surface area contributed by atoms with Crippen molar-refractivity contribution >= 4 is 0 Å². The van der Waals surface area contributed by atoms with E-state index >= 15 is 0 Å². The highest BCUT2D eigenvalue weighted by atomic mass is 14.9. The van der Waals surface area contributed by atoms with Gasteiger partial charge in [-0.1, -0.05) is 0 Å². The molecular formula is C16H26N2. The van der Waals surface area contributed by atoms with E-state index in [1.165, 1.54) is 44.9 Å². The number of hydrogen-bond donors (Lipinski definition) is 1. The van der Waals surface area contributed by atoms with Crippen molar-refractivity contribution in [1.82, 2.24) is 5.32 Å². The molecule has 18 heavy (non-hydrogen) atoms. The van der Waals surface area contributed by atoms with Crippen LogP contribution in [0.4, 0.5) is 0 Å². The van der Waals surface area contributed by atoms with Crippen LogP contribution in [-0.4, -0.2) is 12.1 Å². The van der Waals surface area contributed by atoms with Crippen molar-refractivity contribution in [1.29, 1.82) is 5.26 Å². The molecule has 100 valence electrons. The lowest BCUT2D eigenvalue weighted by Gasteiger charge is -2.57. The SMILES string of the molecule is CC(C)(C#N)NCCC12CC3CC(CC(C3)C1)C2. The third-order valence-electron chi connectivity index (χ3n) is 5.67. The summed E-state index contributed by atoms with van der Waals surface area (Å²) < 4.78 is 0. The molecule has 0 amide bonds. The van der Waals surface area contributed by atoms with Crippen molar-refractivity contribution in [2.24, 2.45) is 23.2 Å². The van der Waals surface area contributed by atoms with Gasteiger partial charge in [0.25, 0.3) is 0 Å². The summed E-state index contributed by atoms with van der Waals surface area (Å²) >= 11 is 0. The lowest BCUT2D eigenvalue weighted by molar-refractivity contribution is -0.0571. The Bertz CT molecular complexity index is 328. The highest BCUT2D eigenvalue weighted by Crippen LogP contribution is 2.61. The Balaban J connectivity index is 1.58. The number of nitriles is 1. The first-order valence-corrected chi connectivity index (χ1v) is 7.67. The maximum absolute atomic E-state index is 9.04. The molecule has 4 rings (SSSR count). The average Bonchev–Trinajstić information content (AvgIpc) is 2.26. The average molecular weight is 246 g/mol. The molecule has 2 heteroatoms. The fourth-order valence-corrected chi connectivity index (χ4v) is 5.28. The van der Waals surface area contributed by atoms with Crippen LogP contribution in [0.5, 0.6) is 0 Å². The van der Waals surface area contributed by atoms with Gasteiger partial charge in [0.05, 0.1) is 6.07 Å². The quantitative estimate of drug-likeness (QED) is 0.824. The van der Waals surface area contributed by atoms with Crippen molar-refractivity contribution in [3.8, 4) is 6.07 Å². The monoisotopic (exact) mass is 246 g/mol. The summed E-state index contributed by atoms with van der Waals surface area (Å²) in [5, 5.41) is 12.5. The lowest BCUT2D eigenvalue weighted by atomic mass is 9.49. The highest BCUT2D eigenvalue weighted by molar-refractivity contribution is 5.03. The third-order valence-corrected chi connectivity index (χ3v) is 5.67. The van der Waals surface area contributed by atoms with Crippen LogP contribution in [0.15, 0.2) is 0 Å². The predicted octanol–water partition coefficient (Wildman–Crippen LogP) is 3.48. The van der Waals surface area contributed by atoms with Crippen LogP contribution >= 0.6 is 0 Å². The standard InChI is InChI=1S/C16H26N2/c1-15(2,11-17)18-4-3-16-8-12-5-13(9-16)7-14(6-12)10-16/h12-14,18H,3-10H2,1-2H3. The van der Waals surface area contributed by atoms with E-state index in [1.54, 1.807) is 0 Å². The van der Waals surface area contributed by atoms with E-state index in [0.717, 1.165) is 24.3 Å². The third kappa shape index (κ3) is 2.30. The minimum atomic E-state index is -0.359. The van der Waals surface area contributed by atoms with E-state index in [9.17, 15) is 0 Å². The van der Waals surface area contributed by atoms with Crippen molar-refractivity contribution in [2.75, 3.05) is 6.54 Å². The predicted molar refractivity (Wildman–Crippen MR) is 72.9 cm³/mol. The van der Waals surface area contributed by atoms with Gasteiger partial charge in [-0.3, -0.25) is 5.32 Å². The fraction of sp³-hybridized carbons (Fsp3) is 0.938. The molecule has 0 aliphatic heterocycles. The molecule has 0 aromatic carbocycles. The molecule has 0 atom stereocenters. The molecule has 0 aromatic heterocycles. The second-order valence-electron chi connectivity index (χ2n) is 7.83. The normalized spacial score (nSPS) is 41.9. The van der Waals surface area contributed by atoms with Gasteiger partial charge < -0.3 is 0 Å². The molecule has 0 spiro atoms. The van der Waals surface area contributed by atoms with Gasteiger partial charge in [-0.2, -0.15) is 5.26 Å². The van der Waals surface area contributed by atoms with Gasteiger partial charge in [0.2, 0.25) is 0 Å². The highest BCUT2D eigenvalue weighted by Gasteiger charge is 2.50. The molecular weight excluding hydrogens is 220 g/mol. The van der Waals surface area contributed by atoms with Crippen molar-refractivity contribution in [3.63, 3.8) is 0 Å². The van der Waals surface area contributed by atoms with Crippen molar-refractivity contribution in [3.05, 3.63) is 0 Å². The Morgan fingerprint density at radius 2 is 1.61 bits per heavy atom. The Labute approximate surface area is 111 Å². The molecule has 0 aromatic rings.